The fourth-order valence-corrected chi connectivity index (χ4v) is 1.95. The summed E-state index contributed by atoms with van der Waals surface area (Å²) in [6.07, 6.45) is 5.86. The van der Waals surface area contributed by atoms with Gasteiger partial charge in [0.25, 0.3) is 0 Å². The first-order chi connectivity index (χ1) is 5.70. The second-order valence-electron chi connectivity index (χ2n) is 2.48. The predicted octanol–water partition coefficient (Wildman–Crippen LogP) is 2.53. The van der Waals surface area contributed by atoms with Gasteiger partial charge in [0.15, 0.2) is 0 Å². The molecule has 0 aliphatic carbocycles. The van der Waals surface area contributed by atoms with E-state index >= 15 is 0 Å². The van der Waals surface area contributed by atoms with Crippen molar-refractivity contribution in [3.05, 3.63) is 18.2 Å². The van der Waals surface area contributed by atoms with Crippen molar-refractivity contribution < 1.29 is 0 Å². The molecule has 3 nitrogen and oxygen atoms in total. The van der Waals surface area contributed by atoms with Crippen molar-refractivity contribution in [2.45, 2.75) is 9.65 Å². The molecule has 0 saturated heterocycles. The van der Waals surface area contributed by atoms with Gasteiger partial charge in [0.2, 0.25) is 0 Å². The molecule has 0 radical (unpaired) electrons. The summed E-state index contributed by atoms with van der Waals surface area (Å²) in [5, 5.41) is 0. The fourth-order valence-electron chi connectivity index (χ4n) is 1.05. The molecule has 1 aromatic heterocycles. The highest BCUT2D eigenvalue weighted by atomic mass is 79.9. The zero-order chi connectivity index (χ0) is 8.60. The van der Waals surface area contributed by atoms with Gasteiger partial charge in [-0.25, -0.2) is 9.97 Å². The Bertz CT molecular complexity index is 335. The largest absolute Gasteiger partial charge is 0.258 e. The molecular formula is C7H5Br2N3. The number of hydrogen-bond donors (Lipinski definition) is 0. The molecule has 2 rings (SSSR count). The molecular weight excluding hydrogens is 286 g/mol. The third kappa shape index (κ3) is 1.31. The SMILES string of the molecule is BrC1(Br)CC=Nc2cncnc21. The smallest absolute Gasteiger partial charge is 0.129 e. The quantitative estimate of drug-likeness (QED) is 0.689. The molecule has 0 unspecified atom stereocenters. The van der Waals surface area contributed by atoms with Gasteiger partial charge in [0, 0.05) is 12.6 Å². The van der Waals surface area contributed by atoms with E-state index in [0.29, 0.717) is 0 Å². The van der Waals surface area contributed by atoms with E-state index in [1.807, 2.05) is 6.21 Å². The summed E-state index contributed by atoms with van der Waals surface area (Å²) < 4.78 is -0.264. The Hall–Kier alpha value is -0.290. The van der Waals surface area contributed by atoms with E-state index < -0.39 is 0 Å². The van der Waals surface area contributed by atoms with E-state index in [0.717, 1.165) is 17.8 Å². The van der Waals surface area contributed by atoms with Crippen molar-refractivity contribution in [3.8, 4) is 0 Å². The number of halogens is 2. The van der Waals surface area contributed by atoms with Crippen LogP contribution in [-0.4, -0.2) is 16.2 Å². The Morgan fingerprint density at radius 3 is 3.00 bits per heavy atom. The van der Waals surface area contributed by atoms with Crippen LogP contribution in [0.4, 0.5) is 5.69 Å². The predicted molar refractivity (Wildman–Crippen MR) is 54.3 cm³/mol. The van der Waals surface area contributed by atoms with Crippen LogP contribution in [0.25, 0.3) is 0 Å². The third-order valence-electron chi connectivity index (χ3n) is 1.62. The van der Waals surface area contributed by atoms with Crippen molar-refractivity contribution in [1.82, 2.24) is 9.97 Å². The fraction of sp³-hybridized carbons (Fsp3) is 0.286. The molecule has 62 valence electrons. The summed E-state index contributed by atoms with van der Waals surface area (Å²) in [5.74, 6) is 0. The average Bonchev–Trinajstić information content (AvgIpc) is 2.04. The van der Waals surface area contributed by atoms with E-state index in [1.54, 1.807) is 6.20 Å². The molecule has 0 saturated carbocycles. The summed E-state index contributed by atoms with van der Waals surface area (Å²) in [4.78, 5) is 12.2. The number of nitrogens with zero attached hydrogens (tertiary/aromatic N) is 3. The maximum atomic E-state index is 4.18. The van der Waals surface area contributed by atoms with Crippen LogP contribution in [0, 0.1) is 0 Å². The maximum absolute atomic E-state index is 4.18. The molecule has 0 aromatic carbocycles. The highest BCUT2D eigenvalue weighted by Crippen LogP contribution is 2.45. The van der Waals surface area contributed by atoms with Crippen molar-refractivity contribution in [2.24, 2.45) is 4.99 Å². The van der Waals surface area contributed by atoms with E-state index in [4.69, 9.17) is 0 Å². The van der Waals surface area contributed by atoms with E-state index in [2.05, 4.69) is 46.8 Å². The molecule has 1 aliphatic rings. The highest BCUT2D eigenvalue weighted by Gasteiger charge is 2.31. The Kier molecular flexibility index (Phi) is 2.00. The Labute approximate surface area is 86.6 Å². The van der Waals surface area contributed by atoms with Crippen LogP contribution in [0.1, 0.15) is 12.1 Å². The molecule has 0 N–H and O–H groups in total. The number of alkyl halides is 2. The lowest BCUT2D eigenvalue weighted by Gasteiger charge is -2.21. The van der Waals surface area contributed by atoms with Crippen LogP contribution >= 0.6 is 31.9 Å². The number of aliphatic imine (C=N–C) groups is 1. The monoisotopic (exact) mass is 289 g/mol. The van der Waals surface area contributed by atoms with Gasteiger partial charge >= 0.3 is 0 Å². The molecule has 2 heterocycles. The Morgan fingerprint density at radius 2 is 2.25 bits per heavy atom. The summed E-state index contributed by atoms with van der Waals surface area (Å²) in [5.41, 5.74) is 1.71. The van der Waals surface area contributed by atoms with Crippen LogP contribution in [0.2, 0.25) is 0 Å². The lowest BCUT2D eigenvalue weighted by molar-refractivity contribution is 0.886. The van der Waals surface area contributed by atoms with Crippen LogP contribution in [-0.2, 0) is 3.23 Å². The zero-order valence-electron chi connectivity index (χ0n) is 6.04. The minimum absolute atomic E-state index is 0.264. The first kappa shape index (κ1) is 8.31. The number of fused-ring (bicyclic) bond motifs is 1. The van der Waals surface area contributed by atoms with Gasteiger partial charge < -0.3 is 0 Å². The van der Waals surface area contributed by atoms with Crippen LogP contribution < -0.4 is 0 Å². The first-order valence-corrected chi connectivity index (χ1v) is 4.99. The second kappa shape index (κ2) is 2.88. The molecule has 0 fully saturated rings. The molecule has 0 amide bonds. The number of hydrogen-bond acceptors (Lipinski definition) is 3. The van der Waals surface area contributed by atoms with Gasteiger partial charge in [-0.15, -0.1) is 0 Å². The van der Waals surface area contributed by atoms with E-state index in [-0.39, 0.29) is 3.23 Å². The number of aromatic nitrogens is 2. The molecule has 12 heavy (non-hydrogen) atoms. The van der Waals surface area contributed by atoms with Gasteiger partial charge in [-0.1, -0.05) is 31.9 Å². The molecule has 0 atom stereocenters. The average molecular weight is 291 g/mol. The molecule has 0 bridgehead atoms. The Balaban J connectivity index is 2.60. The first-order valence-electron chi connectivity index (χ1n) is 3.41. The second-order valence-corrected chi connectivity index (χ2v) is 6.25. The van der Waals surface area contributed by atoms with Crippen LogP contribution in [0.3, 0.4) is 0 Å². The van der Waals surface area contributed by atoms with E-state index in [9.17, 15) is 0 Å². The molecule has 1 aromatic rings. The minimum Gasteiger partial charge on any atom is -0.258 e. The van der Waals surface area contributed by atoms with Gasteiger partial charge in [-0.05, 0) is 0 Å². The van der Waals surface area contributed by atoms with E-state index in [1.165, 1.54) is 6.33 Å². The molecule has 0 spiro atoms. The van der Waals surface area contributed by atoms with Crippen molar-refractivity contribution >= 4 is 43.8 Å². The highest BCUT2D eigenvalue weighted by molar-refractivity contribution is 9.24. The zero-order valence-corrected chi connectivity index (χ0v) is 9.21. The van der Waals surface area contributed by atoms with Crippen molar-refractivity contribution in [1.29, 1.82) is 0 Å². The minimum atomic E-state index is -0.264. The van der Waals surface area contributed by atoms with Crippen molar-refractivity contribution in [2.75, 3.05) is 0 Å². The van der Waals surface area contributed by atoms with Gasteiger partial charge in [0.05, 0.1) is 11.9 Å². The molecule has 1 aliphatic heterocycles. The lowest BCUT2D eigenvalue weighted by Crippen LogP contribution is -2.15. The van der Waals surface area contributed by atoms with Crippen LogP contribution in [0.15, 0.2) is 17.5 Å². The maximum Gasteiger partial charge on any atom is 0.129 e. The van der Waals surface area contributed by atoms with Crippen molar-refractivity contribution in [3.63, 3.8) is 0 Å². The van der Waals surface area contributed by atoms with Gasteiger partial charge in [-0.2, -0.15) is 0 Å². The normalized spacial score (nSPS) is 18.8. The van der Waals surface area contributed by atoms with Gasteiger partial charge in [-0.3, -0.25) is 4.99 Å². The Morgan fingerprint density at radius 1 is 1.42 bits per heavy atom. The van der Waals surface area contributed by atoms with Crippen LogP contribution in [0.5, 0.6) is 0 Å². The summed E-state index contributed by atoms with van der Waals surface area (Å²) >= 11 is 7.05. The van der Waals surface area contributed by atoms with Gasteiger partial charge in [0.1, 0.15) is 15.2 Å². The summed E-state index contributed by atoms with van der Waals surface area (Å²) in [6, 6.07) is 0. The molecule has 5 heteroatoms. The summed E-state index contributed by atoms with van der Waals surface area (Å²) in [7, 11) is 0. The number of rotatable bonds is 0. The topological polar surface area (TPSA) is 38.1 Å². The lowest BCUT2D eigenvalue weighted by atomic mass is 10.2. The standard InChI is InChI=1S/C7H5Br2N3/c8-7(9)1-2-11-5-3-10-4-12-6(5)7/h2-4H,1H2. The third-order valence-corrected chi connectivity index (χ3v) is 3.02. The summed E-state index contributed by atoms with van der Waals surface area (Å²) in [6.45, 7) is 0.